The molecule has 0 aromatic carbocycles. The lowest BCUT2D eigenvalue weighted by molar-refractivity contribution is -0.0119. The zero-order valence-electron chi connectivity index (χ0n) is 11.4. The highest BCUT2D eigenvalue weighted by Crippen LogP contribution is 2.31. The maximum atomic E-state index is 10.5. The number of nitrogens with one attached hydrogen (secondary N) is 1. The van der Waals surface area contributed by atoms with Gasteiger partial charge in [0.2, 0.25) is 0 Å². The van der Waals surface area contributed by atoms with Crippen molar-refractivity contribution in [3.05, 3.63) is 29.6 Å². The van der Waals surface area contributed by atoms with Gasteiger partial charge < -0.3 is 10.4 Å². The van der Waals surface area contributed by atoms with Gasteiger partial charge in [0.1, 0.15) is 0 Å². The molecule has 0 saturated heterocycles. The molecule has 1 aromatic rings. The average molecular weight is 248 g/mol. The van der Waals surface area contributed by atoms with Crippen LogP contribution in [0.3, 0.4) is 0 Å². The summed E-state index contributed by atoms with van der Waals surface area (Å²) < 4.78 is 0. The first-order valence-electron chi connectivity index (χ1n) is 6.92. The summed E-state index contributed by atoms with van der Waals surface area (Å²) >= 11 is 0. The number of aryl methyl sites for hydroxylation is 1. The number of nitrogens with zero attached hydrogens (tertiary/aromatic N) is 1. The molecule has 1 fully saturated rings. The van der Waals surface area contributed by atoms with Crippen LogP contribution in [0, 0.1) is 12.8 Å². The molecule has 1 heterocycles. The summed E-state index contributed by atoms with van der Waals surface area (Å²) in [4.78, 5) is 4.27. The molecule has 2 atom stereocenters. The summed E-state index contributed by atoms with van der Waals surface area (Å²) in [5.41, 5.74) is 1.71. The van der Waals surface area contributed by atoms with Gasteiger partial charge in [-0.1, -0.05) is 25.8 Å². The molecule has 0 spiro atoms. The SMILES string of the molecule is Cc1ccc(CNCC2(O)CCCC(C)C2)cn1. The van der Waals surface area contributed by atoms with Crippen LogP contribution < -0.4 is 5.32 Å². The van der Waals surface area contributed by atoms with E-state index in [9.17, 15) is 5.11 Å². The molecule has 2 unspecified atom stereocenters. The van der Waals surface area contributed by atoms with Crippen molar-refractivity contribution in [3.8, 4) is 0 Å². The molecule has 1 aliphatic rings. The lowest BCUT2D eigenvalue weighted by atomic mass is 9.79. The summed E-state index contributed by atoms with van der Waals surface area (Å²) in [6.45, 7) is 5.69. The summed E-state index contributed by atoms with van der Waals surface area (Å²) in [7, 11) is 0. The standard InChI is InChI=1S/C15H24N2O/c1-12-4-3-7-15(18,8-12)11-16-9-14-6-5-13(2)17-10-14/h5-6,10,12,16,18H,3-4,7-9,11H2,1-2H3. The highest BCUT2D eigenvalue weighted by Gasteiger charge is 2.31. The second-order valence-corrected chi connectivity index (χ2v) is 5.84. The fourth-order valence-corrected chi connectivity index (χ4v) is 2.84. The number of aromatic nitrogens is 1. The molecule has 18 heavy (non-hydrogen) atoms. The molecule has 3 heteroatoms. The van der Waals surface area contributed by atoms with Gasteiger partial charge in [-0.05, 0) is 37.3 Å². The Bertz CT molecular complexity index is 377. The molecular formula is C15H24N2O. The van der Waals surface area contributed by atoms with Crippen LogP contribution >= 0.6 is 0 Å². The molecule has 0 radical (unpaired) electrons. The zero-order valence-corrected chi connectivity index (χ0v) is 11.4. The summed E-state index contributed by atoms with van der Waals surface area (Å²) in [6, 6.07) is 4.11. The first-order chi connectivity index (χ1) is 8.57. The van der Waals surface area contributed by atoms with Crippen molar-refractivity contribution in [1.82, 2.24) is 10.3 Å². The average Bonchev–Trinajstić information content (AvgIpc) is 2.31. The molecule has 1 aliphatic carbocycles. The third-order valence-corrected chi connectivity index (χ3v) is 3.82. The van der Waals surface area contributed by atoms with E-state index in [2.05, 4.69) is 23.3 Å². The number of hydrogen-bond acceptors (Lipinski definition) is 3. The molecule has 0 aliphatic heterocycles. The van der Waals surface area contributed by atoms with Gasteiger partial charge in [-0.2, -0.15) is 0 Å². The predicted molar refractivity (Wildman–Crippen MR) is 73.3 cm³/mol. The molecule has 100 valence electrons. The van der Waals surface area contributed by atoms with Gasteiger partial charge in [0, 0.05) is 25.0 Å². The summed E-state index contributed by atoms with van der Waals surface area (Å²) in [5, 5.41) is 13.8. The maximum absolute atomic E-state index is 10.5. The Hall–Kier alpha value is -0.930. The minimum absolute atomic E-state index is 0.504. The molecule has 2 rings (SSSR count). The molecule has 3 nitrogen and oxygen atoms in total. The zero-order chi connectivity index (χ0) is 13.0. The Morgan fingerprint density at radius 3 is 3.00 bits per heavy atom. The largest absolute Gasteiger partial charge is 0.389 e. The molecule has 0 bridgehead atoms. The van der Waals surface area contributed by atoms with Gasteiger partial charge in [0.25, 0.3) is 0 Å². The molecule has 1 aromatic heterocycles. The monoisotopic (exact) mass is 248 g/mol. The Morgan fingerprint density at radius 1 is 1.50 bits per heavy atom. The van der Waals surface area contributed by atoms with Crippen LogP contribution in [-0.4, -0.2) is 22.2 Å². The van der Waals surface area contributed by atoms with Gasteiger partial charge in [0.05, 0.1) is 5.60 Å². The first kappa shape index (κ1) is 13.5. The summed E-state index contributed by atoms with van der Waals surface area (Å²) in [6.07, 6.45) is 6.15. The predicted octanol–water partition coefficient (Wildman–Crippen LogP) is 2.42. The van der Waals surface area contributed by atoms with Gasteiger partial charge in [0.15, 0.2) is 0 Å². The lowest BCUT2D eigenvalue weighted by Crippen LogP contribution is -2.43. The smallest absolute Gasteiger partial charge is 0.0774 e. The van der Waals surface area contributed by atoms with E-state index in [1.54, 1.807) is 0 Å². The van der Waals surface area contributed by atoms with E-state index in [0.717, 1.165) is 31.5 Å². The van der Waals surface area contributed by atoms with Crippen molar-refractivity contribution in [1.29, 1.82) is 0 Å². The van der Waals surface area contributed by atoms with E-state index in [-0.39, 0.29) is 0 Å². The van der Waals surface area contributed by atoms with Crippen LogP contribution in [0.5, 0.6) is 0 Å². The fraction of sp³-hybridized carbons (Fsp3) is 0.667. The van der Waals surface area contributed by atoms with E-state index >= 15 is 0 Å². The first-order valence-corrected chi connectivity index (χ1v) is 6.92. The number of rotatable bonds is 4. The highest BCUT2D eigenvalue weighted by atomic mass is 16.3. The van der Waals surface area contributed by atoms with Crippen molar-refractivity contribution in [2.24, 2.45) is 5.92 Å². The van der Waals surface area contributed by atoms with Gasteiger partial charge in [-0.25, -0.2) is 0 Å². The van der Waals surface area contributed by atoms with Crippen LogP contribution in [0.4, 0.5) is 0 Å². The second-order valence-electron chi connectivity index (χ2n) is 5.84. The van der Waals surface area contributed by atoms with Crippen molar-refractivity contribution in [2.75, 3.05) is 6.54 Å². The Kier molecular flexibility index (Phi) is 4.36. The van der Waals surface area contributed by atoms with E-state index < -0.39 is 5.60 Å². The second kappa shape index (κ2) is 5.81. The quantitative estimate of drug-likeness (QED) is 0.860. The van der Waals surface area contributed by atoms with Crippen LogP contribution in [0.25, 0.3) is 0 Å². The third kappa shape index (κ3) is 3.79. The maximum Gasteiger partial charge on any atom is 0.0774 e. The Morgan fingerprint density at radius 2 is 2.33 bits per heavy atom. The van der Waals surface area contributed by atoms with Crippen molar-refractivity contribution in [3.63, 3.8) is 0 Å². The van der Waals surface area contributed by atoms with E-state index in [4.69, 9.17) is 0 Å². The van der Waals surface area contributed by atoms with Crippen LogP contribution in [0.2, 0.25) is 0 Å². The van der Waals surface area contributed by atoms with Crippen LogP contribution in [0.15, 0.2) is 18.3 Å². The normalized spacial score (nSPS) is 28.3. The van der Waals surface area contributed by atoms with Crippen molar-refractivity contribution >= 4 is 0 Å². The number of aliphatic hydroxyl groups is 1. The number of hydrogen-bond donors (Lipinski definition) is 2. The minimum Gasteiger partial charge on any atom is -0.389 e. The van der Waals surface area contributed by atoms with E-state index in [0.29, 0.717) is 12.5 Å². The molecular weight excluding hydrogens is 224 g/mol. The fourth-order valence-electron chi connectivity index (χ4n) is 2.84. The van der Waals surface area contributed by atoms with Crippen LogP contribution in [0.1, 0.15) is 43.9 Å². The van der Waals surface area contributed by atoms with Gasteiger partial charge in [-0.3, -0.25) is 4.98 Å². The highest BCUT2D eigenvalue weighted by molar-refractivity contribution is 5.12. The van der Waals surface area contributed by atoms with Crippen LogP contribution in [-0.2, 0) is 6.54 Å². The Labute approximate surface area is 110 Å². The topological polar surface area (TPSA) is 45.1 Å². The summed E-state index contributed by atoms with van der Waals surface area (Å²) in [5.74, 6) is 0.645. The third-order valence-electron chi connectivity index (χ3n) is 3.82. The van der Waals surface area contributed by atoms with Crippen molar-refractivity contribution in [2.45, 2.75) is 51.7 Å². The van der Waals surface area contributed by atoms with E-state index in [1.807, 2.05) is 19.2 Å². The molecule has 2 N–H and O–H groups in total. The van der Waals surface area contributed by atoms with Gasteiger partial charge >= 0.3 is 0 Å². The number of pyridine rings is 1. The van der Waals surface area contributed by atoms with Crippen molar-refractivity contribution < 1.29 is 5.11 Å². The minimum atomic E-state index is -0.504. The van der Waals surface area contributed by atoms with Gasteiger partial charge in [-0.15, -0.1) is 0 Å². The van der Waals surface area contributed by atoms with E-state index in [1.165, 1.54) is 12.0 Å². The molecule has 1 saturated carbocycles. The Balaban J connectivity index is 1.79. The lowest BCUT2D eigenvalue weighted by Gasteiger charge is -2.35. The molecule has 0 amide bonds.